The molecule has 12 aromatic rings. The van der Waals surface area contributed by atoms with E-state index in [1.54, 1.807) is 0 Å². The fourth-order valence-corrected chi connectivity index (χ4v) is 9.40. The van der Waals surface area contributed by atoms with Crippen molar-refractivity contribution in [2.45, 2.75) is 0 Å². The maximum Gasteiger partial charge on any atom is 0.136 e. The van der Waals surface area contributed by atoms with Crippen molar-refractivity contribution in [1.29, 1.82) is 0 Å². The molecule has 0 bridgehead atoms. The highest BCUT2D eigenvalue weighted by Gasteiger charge is 2.19. The molecule has 254 valence electrons. The first-order valence-corrected chi connectivity index (χ1v) is 19.0. The number of rotatable bonds is 3. The Morgan fingerprint density at radius 3 is 1.33 bits per heavy atom. The highest BCUT2D eigenvalue weighted by Crippen LogP contribution is 2.46. The first kappa shape index (κ1) is 30.3. The second-order valence-electron chi connectivity index (χ2n) is 14.7. The van der Waals surface area contributed by atoms with Crippen molar-refractivity contribution >= 4 is 86.6 Å². The average molecular weight is 697 g/mol. The van der Waals surface area contributed by atoms with Crippen LogP contribution in [-0.4, -0.2) is 0 Å². The normalized spacial score (nSPS) is 12.0. The van der Waals surface area contributed by atoms with Gasteiger partial charge in [-0.2, -0.15) is 0 Å². The molecule has 0 N–H and O–H groups in total. The molecule has 1 nitrogen and oxygen atoms in total. The first-order chi connectivity index (χ1) is 27.3. The second-order valence-corrected chi connectivity index (χ2v) is 14.7. The topological polar surface area (TPSA) is 13.1 Å². The largest absolute Gasteiger partial charge is 0.456 e. The van der Waals surface area contributed by atoms with Crippen molar-refractivity contribution in [1.82, 2.24) is 0 Å². The van der Waals surface area contributed by atoms with Crippen LogP contribution in [0.3, 0.4) is 0 Å². The van der Waals surface area contributed by atoms with Gasteiger partial charge in [-0.15, -0.1) is 0 Å². The maximum absolute atomic E-state index is 6.23. The second kappa shape index (κ2) is 11.6. The minimum Gasteiger partial charge on any atom is -0.456 e. The Labute approximate surface area is 317 Å². The third-order valence-corrected chi connectivity index (χ3v) is 11.8. The zero-order chi connectivity index (χ0) is 36.0. The lowest BCUT2D eigenvalue weighted by Gasteiger charge is -2.18. The molecule has 0 unspecified atom stereocenters. The number of benzene rings is 11. The zero-order valence-corrected chi connectivity index (χ0v) is 29.9. The average Bonchev–Trinajstić information content (AvgIpc) is 3.64. The fourth-order valence-electron chi connectivity index (χ4n) is 9.40. The lowest BCUT2D eigenvalue weighted by atomic mass is 9.85. The minimum atomic E-state index is 0.924. The van der Waals surface area contributed by atoms with Gasteiger partial charge in [-0.05, 0) is 128 Å². The minimum absolute atomic E-state index is 0.924. The Balaban J connectivity index is 1.06. The Hall–Kier alpha value is -7.22. The van der Waals surface area contributed by atoms with Gasteiger partial charge in [0.1, 0.15) is 11.2 Å². The quantitative estimate of drug-likeness (QED) is 0.132. The van der Waals surface area contributed by atoms with Crippen LogP contribution in [0.2, 0.25) is 0 Å². The summed E-state index contributed by atoms with van der Waals surface area (Å²) in [5.74, 6) is 0. The lowest BCUT2D eigenvalue weighted by molar-refractivity contribution is 0.669. The molecule has 0 saturated carbocycles. The standard InChI is InChI=1S/C54H32O/c1-2-16-41-39(14-1)40-15-3-4-17-42(40)49-32-34(24-28-43(41)49)33-12-11-13-36(30-33)52-44-18-5-7-20-46(44)53(47-21-8-6-19-45(47)52)37-25-27-38-35(31-37)26-29-51-54(38)48-22-9-10-23-50(48)55-51/h1-32H. The van der Waals surface area contributed by atoms with E-state index in [9.17, 15) is 0 Å². The summed E-state index contributed by atoms with van der Waals surface area (Å²) in [6.45, 7) is 0. The van der Waals surface area contributed by atoms with Crippen LogP contribution in [0, 0.1) is 0 Å². The van der Waals surface area contributed by atoms with Crippen molar-refractivity contribution in [3.63, 3.8) is 0 Å². The van der Waals surface area contributed by atoms with Crippen LogP contribution >= 0.6 is 0 Å². The van der Waals surface area contributed by atoms with Gasteiger partial charge in [0.05, 0.1) is 0 Å². The summed E-state index contributed by atoms with van der Waals surface area (Å²) in [5, 5.41) is 17.5. The van der Waals surface area contributed by atoms with Crippen LogP contribution < -0.4 is 0 Å². The fraction of sp³-hybridized carbons (Fsp3) is 0. The molecule has 12 rings (SSSR count). The summed E-state index contributed by atoms with van der Waals surface area (Å²) < 4.78 is 6.23. The van der Waals surface area contributed by atoms with Crippen molar-refractivity contribution in [3.8, 4) is 33.4 Å². The summed E-state index contributed by atoms with van der Waals surface area (Å²) in [6, 6.07) is 71.2. The van der Waals surface area contributed by atoms with Crippen LogP contribution in [0.25, 0.3) is 120 Å². The van der Waals surface area contributed by atoms with Gasteiger partial charge in [-0.1, -0.05) is 164 Å². The van der Waals surface area contributed by atoms with Gasteiger partial charge in [0.2, 0.25) is 0 Å². The number of furan rings is 1. The molecule has 11 aromatic carbocycles. The SMILES string of the molecule is c1cc(-c2ccc3c4ccccc4c4ccccc4c3c2)cc(-c2c3ccccc3c(-c3ccc4c(ccc5oc6ccccc6c54)c3)c3ccccc23)c1. The van der Waals surface area contributed by atoms with Gasteiger partial charge in [-0.3, -0.25) is 0 Å². The molecule has 0 saturated heterocycles. The number of fused-ring (bicyclic) bond motifs is 13. The van der Waals surface area contributed by atoms with E-state index in [0.29, 0.717) is 0 Å². The summed E-state index contributed by atoms with van der Waals surface area (Å²) in [6.07, 6.45) is 0. The number of hydrogen-bond acceptors (Lipinski definition) is 1. The van der Waals surface area contributed by atoms with E-state index in [-0.39, 0.29) is 0 Å². The first-order valence-electron chi connectivity index (χ1n) is 19.0. The molecule has 55 heavy (non-hydrogen) atoms. The smallest absolute Gasteiger partial charge is 0.136 e. The Bertz CT molecular complexity index is 3460. The molecule has 0 aliphatic rings. The van der Waals surface area contributed by atoms with Crippen LogP contribution in [0.4, 0.5) is 0 Å². The van der Waals surface area contributed by atoms with Crippen molar-refractivity contribution in [3.05, 3.63) is 194 Å². The Kier molecular flexibility index (Phi) is 6.40. The van der Waals surface area contributed by atoms with Crippen LogP contribution in [-0.2, 0) is 0 Å². The molecule has 1 aromatic heterocycles. The molecule has 0 atom stereocenters. The third-order valence-electron chi connectivity index (χ3n) is 11.8. The highest BCUT2D eigenvalue weighted by molar-refractivity contribution is 6.26. The molecule has 0 fully saturated rings. The predicted molar refractivity (Wildman–Crippen MR) is 235 cm³/mol. The van der Waals surface area contributed by atoms with Crippen LogP contribution in [0.1, 0.15) is 0 Å². The van der Waals surface area contributed by atoms with Crippen molar-refractivity contribution in [2.24, 2.45) is 0 Å². The van der Waals surface area contributed by atoms with Crippen molar-refractivity contribution in [2.75, 3.05) is 0 Å². The van der Waals surface area contributed by atoms with Gasteiger partial charge in [0, 0.05) is 10.8 Å². The number of para-hydroxylation sites is 1. The maximum atomic E-state index is 6.23. The van der Waals surface area contributed by atoms with E-state index in [2.05, 4.69) is 188 Å². The summed E-state index contributed by atoms with van der Waals surface area (Å²) in [5.41, 5.74) is 9.23. The summed E-state index contributed by atoms with van der Waals surface area (Å²) in [4.78, 5) is 0. The molecule has 0 amide bonds. The van der Waals surface area contributed by atoms with E-state index in [1.165, 1.54) is 103 Å². The summed E-state index contributed by atoms with van der Waals surface area (Å²) >= 11 is 0. The summed E-state index contributed by atoms with van der Waals surface area (Å²) in [7, 11) is 0. The van der Waals surface area contributed by atoms with E-state index in [0.717, 1.165) is 16.6 Å². The van der Waals surface area contributed by atoms with E-state index >= 15 is 0 Å². The third kappa shape index (κ3) is 4.48. The van der Waals surface area contributed by atoms with Crippen LogP contribution in [0.5, 0.6) is 0 Å². The zero-order valence-electron chi connectivity index (χ0n) is 29.9. The lowest BCUT2D eigenvalue weighted by Crippen LogP contribution is -1.91. The molecular formula is C54H32O. The van der Waals surface area contributed by atoms with E-state index < -0.39 is 0 Å². The number of hydrogen-bond donors (Lipinski definition) is 0. The molecule has 0 aliphatic heterocycles. The van der Waals surface area contributed by atoms with Gasteiger partial charge < -0.3 is 4.42 Å². The molecule has 0 spiro atoms. The molecule has 0 radical (unpaired) electrons. The molecule has 1 heterocycles. The van der Waals surface area contributed by atoms with Crippen LogP contribution in [0.15, 0.2) is 199 Å². The Morgan fingerprint density at radius 1 is 0.236 bits per heavy atom. The monoisotopic (exact) mass is 696 g/mol. The van der Waals surface area contributed by atoms with Gasteiger partial charge in [0.25, 0.3) is 0 Å². The van der Waals surface area contributed by atoms with E-state index in [4.69, 9.17) is 4.42 Å². The predicted octanol–water partition coefficient (Wildman–Crippen LogP) is 15.5. The highest BCUT2D eigenvalue weighted by atomic mass is 16.3. The van der Waals surface area contributed by atoms with Gasteiger partial charge >= 0.3 is 0 Å². The molecule has 0 aliphatic carbocycles. The van der Waals surface area contributed by atoms with E-state index in [1.807, 2.05) is 6.07 Å². The molecule has 1 heteroatoms. The Morgan fingerprint density at radius 2 is 0.691 bits per heavy atom. The molecular weight excluding hydrogens is 665 g/mol. The van der Waals surface area contributed by atoms with Crippen molar-refractivity contribution < 1.29 is 4.42 Å². The van der Waals surface area contributed by atoms with Gasteiger partial charge in [0.15, 0.2) is 0 Å². The van der Waals surface area contributed by atoms with Gasteiger partial charge in [-0.25, -0.2) is 0 Å².